The van der Waals surface area contributed by atoms with Crippen LogP contribution in [0.25, 0.3) is 0 Å². The highest BCUT2D eigenvalue weighted by atomic mass is 127. The minimum atomic E-state index is 0. The van der Waals surface area contributed by atoms with Crippen molar-refractivity contribution in [3.05, 3.63) is 34.9 Å². The van der Waals surface area contributed by atoms with Crippen molar-refractivity contribution in [3.63, 3.8) is 0 Å². The first-order valence-electron chi connectivity index (χ1n) is 11.8. The summed E-state index contributed by atoms with van der Waals surface area (Å²) in [7, 11) is 1.72. The van der Waals surface area contributed by atoms with Gasteiger partial charge in [-0.1, -0.05) is 29.8 Å². The van der Waals surface area contributed by atoms with Gasteiger partial charge in [0.2, 0.25) is 5.91 Å². The minimum Gasteiger partial charge on any atom is -0.359 e. The summed E-state index contributed by atoms with van der Waals surface area (Å²) < 4.78 is 0. The van der Waals surface area contributed by atoms with Gasteiger partial charge in [0.25, 0.3) is 0 Å². The van der Waals surface area contributed by atoms with Crippen LogP contribution < -0.4 is 10.6 Å². The number of carbonyl (C=O) groups is 1. The Morgan fingerprint density at radius 2 is 1.75 bits per heavy atom. The third-order valence-corrected chi connectivity index (χ3v) is 6.93. The molecule has 0 spiro atoms. The Hall–Kier alpha value is -1.06. The largest absolute Gasteiger partial charge is 0.359 e. The zero-order valence-electron chi connectivity index (χ0n) is 19.5. The number of nitrogens with zero attached hydrogens (tertiary/aromatic N) is 3. The van der Waals surface area contributed by atoms with Gasteiger partial charge in [-0.25, -0.2) is 0 Å². The van der Waals surface area contributed by atoms with Crippen LogP contribution in [-0.4, -0.2) is 68.0 Å². The monoisotopic (exact) mass is 575 g/mol. The van der Waals surface area contributed by atoms with E-state index in [2.05, 4.69) is 39.5 Å². The molecule has 2 fully saturated rings. The molecule has 0 radical (unpaired) electrons. The predicted octanol–water partition coefficient (Wildman–Crippen LogP) is 3.98. The van der Waals surface area contributed by atoms with E-state index in [1.165, 1.54) is 18.4 Å². The number of likely N-dealkylation sites (tertiary alicyclic amines) is 2. The molecule has 0 bridgehead atoms. The smallest absolute Gasteiger partial charge is 0.220 e. The van der Waals surface area contributed by atoms with E-state index in [0.717, 1.165) is 69.6 Å². The Labute approximate surface area is 215 Å². The maximum Gasteiger partial charge on any atom is 0.220 e. The summed E-state index contributed by atoms with van der Waals surface area (Å²) in [5.74, 6) is 2.32. The van der Waals surface area contributed by atoms with Crippen LogP contribution >= 0.6 is 35.6 Å². The van der Waals surface area contributed by atoms with Crippen molar-refractivity contribution in [1.29, 1.82) is 0 Å². The van der Waals surface area contributed by atoms with Crippen molar-refractivity contribution < 1.29 is 4.79 Å². The fourth-order valence-electron chi connectivity index (χ4n) is 4.55. The average Bonchev–Trinajstić information content (AvgIpc) is 2.79. The van der Waals surface area contributed by atoms with Crippen molar-refractivity contribution in [1.82, 2.24) is 20.4 Å². The normalized spacial score (nSPS) is 18.8. The summed E-state index contributed by atoms with van der Waals surface area (Å²) in [5, 5.41) is 7.09. The van der Waals surface area contributed by atoms with E-state index in [1.54, 1.807) is 7.05 Å². The molecule has 0 atom stereocenters. The highest BCUT2D eigenvalue weighted by Gasteiger charge is 2.24. The maximum absolute atomic E-state index is 11.6. The molecular formula is C24H39ClIN5O. The molecule has 2 saturated heterocycles. The number of guanidine groups is 1. The zero-order valence-corrected chi connectivity index (χ0v) is 22.6. The lowest BCUT2D eigenvalue weighted by molar-refractivity contribution is -0.121. The summed E-state index contributed by atoms with van der Waals surface area (Å²) in [6.45, 7) is 8.99. The predicted molar refractivity (Wildman–Crippen MR) is 144 cm³/mol. The number of hydrogen-bond donors (Lipinski definition) is 2. The molecule has 32 heavy (non-hydrogen) atoms. The number of benzene rings is 1. The molecule has 1 aromatic carbocycles. The van der Waals surface area contributed by atoms with E-state index < -0.39 is 0 Å². The molecule has 6 nitrogen and oxygen atoms in total. The molecule has 2 N–H and O–H groups in total. The highest BCUT2D eigenvalue weighted by Crippen LogP contribution is 2.23. The van der Waals surface area contributed by atoms with Gasteiger partial charge in [-0.2, -0.15) is 0 Å². The molecule has 180 valence electrons. The Balaban J connectivity index is 0.00000363. The van der Waals surface area contributed by atoms with Crippen molar-refractivity contribution in [2.24, 2.45) is 16.8 Å². The first-order chi connectivity index (χ1) is 15.1. The molecule has 0 aliphatic carbocycles. The summed E-state index contributed by atoms with van der Waals surface area (Å²) in [4.78, 5) is 21.5. The summed E-state index contributed by atoms with van der Waals surface area (Å²) in [6, 6.07) is 8.15. The van der Waals surface area contributed by atoms with Crippen molar-refractivity contribution in [3.8, 4) is 0 Å². The van der Waals surface area contributed by atoms with Crippen LogP contribution in [0.3, 0.4) is 0 Å². The molecule has 0 aromatic heterocycles. The van der Waals surface area contributed by atoms with Crippen LogP contribution in [0.5, 0.6) is 0 Å². The van der Waals surface area contributed by atoms with Gasteiger partial charge >= 0.3 is 0 Å². The van der Waals surface area contributed by atoms with Gasteiger partial charge < -0.3 is 15.5 Å². The number of amides is 1. The Bertz CT molecular complexity index is 731. The molecule has 0 saturated carbocycles. The van der Waals surface area contributed by atoms with Crippen LogP contribution in [-0.2, 0) is 11.3 Å². The van der Waals surface area contributed by atoms with Crippen LogP contribution in [0.15, 0.2) is 29.3 Å². The second kappa shape index (κ2) is 14.3. The molecule has 2 aliphatic rings. The Morgan fingerprint density at radius 3 is 2.38 bits per heavy atom. The lowest BCUT2D eigenvalue weighted by Gasteiger charge is -2.35. The first kappa shape index (κ1) is 27.2. The number of halogens is 2. The fraction of sp³-hybridized carbons (Fsp3) is 0.667. The van der Waals surface area contributed by atoms with Crippen molar-refractivity contribution in [2.45, 2.75) is 45.6 Å². The van der Waals surface area contributed by atoms with Gasteiger partial charge in [-0.3, -0.25) is 14.7 Å². The van der Waals surface area contributed by atoms with Crippen LogP contribution in [0.4, 0.5) is 0 Å². The topological polar surface area (TPSA) is 60.0 Å². The van der Waals surface area contributed by atoms with Gasteiger partial charge in [0.15, 0.2) is 5.96 Å². The molecule has 3 rings (SSSR count). The number of rotatable bonds is 7. The summed E-state index contributed by atoms with van der Waals surface area (Å²) >= 11 is 6.33. The van der Waals surface area contributed by atoms with Crippen LogP contribution in [0.2, 0.25) is 5.02 Å². The van der Waals surface area contributed by atoms with E-state index >= 15 is 0 Å². The molecule has 1 amide bonds. The maximum atomic E-state index is 11.6. The molecule has 8 heteroatoms. The lowest BCUT2D eigenvalue weighted by atomic mass is 9.93. The van der Waals surface area contributed by atoms with Crippen LogP contribution in [0, 0.1) is 11.8 Å². The van der Waals surface area contributed by atoms with E-state index in [4.69, 9.17) is 16.6 Å². The number of aliphatic imine (C=N–C) groups is 1. The molecular weight excluding hydrogens is 537 g/mol. The van der Waals surface area contributed by atoms with Gasteiger partial charge in [-0.05, 0) is 69.2 Å². The Kier molecular flexibility index (Phi) is 12.1. The third kappa shape index (κ3) is 8.37. The third-order valence-electron chi connectivity index (χ3n) is 6.56. The van der Waals surface area contributed by atoms with E-state index in [9.17, 15) is 4.79 Å². The summed E-state index contributed by atoms with van der Waals surface area (Å²) in [5.41, 5.74) is 1.22. The molecule has 2 heterocycles. The number of nitrogens with one attached hydrogen (secondary N) is 2. The van der Waals surface area contributed by atoms with Gasteiger partial charge in [0.1, 0.15) is 0 Å². The Morgan fingerprint density at radius 1 is 1.09 bits per heavy atom. The lowest BCUT2D eigenvalue weighted by Crippen LogP contribution is -2.46. The number of hydrogen-bond acceptors (Lipinski definition) is 3. The first-order valence-corrected chi connectivity index (χ1v) is 12.2. The average molecular weight is 576 g/mol. The second-order valence-electron chi connectivity index (χ2n) is 8.81. The number of carbonyl (C=O) groups excluding carboxylic acids is 1. The molecule has 2 aliphatic heterocycles. The van der Waals surface area contributed by atoms with Crippen molar-refractivity contribution in [2.75, 3.05) is 46.3 Å². The number of piperidine rings is 2. The SMILES string of the molecule is CCNC(=NCC1CCN(Cc2ccccc2Cl)CC1)N1CCC(CC(=O)NC)CC1.I. The highest BCUT2D eigenvalue weighted by molar-refractivity contribution is 14.0. The molecule has 1 aromatic rings. The standard InChI is InChI=1S/C24H38ClN5O.HI/c1-3-27-24(30-14-10-19(11-15-30)16-23(31)26-2)28-17-20-8-12-29(13-9-20)18-21-6-4-5-7-22(21)25;/h4-7,19-20H,3,8-18H2,1-2H3,(H,26,31)(H,27,28);1H. The summed E-state index contributed by atoms with van der Waals surface area (Å²) in [6.07, 6.45) is 5.12. The van der Waals surface area contributed by atoms with Crippen LogP contribution in [0.1, 0.15) is 44.6 Å². The van der Waals surface area contributed by atoms with E-state index in [0.29, 0.717) is 18.3 Å². The second-order valence-corrected chi connectivity index (χ2v) is 9.22. The fourth-order valence-corrected chi connectivity index (χ4v) is 4.74. The van der Waals surface area contributed by atoms with E-state index in [1.807, 2.05) is 12.1 Å². The van der Waals surface area contributed by atoms with E-state index in [-0.39, 0.29) is 29.9 Å². The van der Waals surface area contributed by atoms with Gasteiger partial charge in [0.05, 0.1) is 0 Å². The van der Waals surface area contributed by atoms with Gasteiger partial charge in [-0.15, -0.1) is 24.0 Å². The van der Waals surface area contributed by atoms with Crippen molar-refractivity contribution >= 4 is 47.4 Å². The zero-order chi connectivity index (χ0) is 22.1. The van der Waals surface area contributed by atoms with Gasteiger partial charge in [0, 0.05) is 51.2 Å². The quantitative estimate of drug-likeness (QED) is 0.293. The minimum absolute atomic E-state index is 0. The molecule has 0 unspecified atom stereocenters.